The molecular weight excluding hydrogens is 230 g/mol. The molecule has 2 heterocycles. The Balaban J connectivity index is 2.07. The first-order chi connectivity index (χ1) is 7.60. The maximum absolute atomic E-state index is 11.9. The van der Waals surface area contributed by atoms with Crippen LogP contribution < -0.4 is 5.32 Å². The highest BCUT2D eigenvalue weighted by Crippen LogP contribution is 2.26. The van der Waals surface area contributed by atoms with Crippen molar-refractivity contribution >= 4 is 23.5 Å². The van der Waals surface area contributed by atoms with Crippen LogP contribution >= 0.6 is 11.6 Å². The van der Waals surface area contributed by atoms with Gasteiger partial charge >= 0.3 is 0 Å². The fourth-order valence-corrected chi connectivity index (χ4v) is 1.73. The Morgan fingerprint density at radius 3 is 3.12 bits per heavy atom. The first-order valence-electron chi connectivity index (χ1n) is 5.04. The highest BCUT2D eigenvalue weighted by Gasteiger charge is 2.38. The number of anilines is 1. The lowest BCUT2D eigenvalue weighted by atomic mass is 10.0. The number of carbonyl (C=O) groups excluding carboxylic acids is 1. The van der Waals surface area contributed by atoms with Gasteiger partial charge in [-0.15, -0.1) is 0 Å². The van der Waals surface area contributed by atoms with E-state index in [1.807, 2.05) is 0 Å². The Labute approximate surface area is 98.2 Å². The van der Waals surface area contributed by atoms with E-state index in [4.69, 9.17) is 16.3 Å². The summed E-state index contributed by atoms with van der Waals surface area (Å²) in [5, 5.41) is 2.89. The Morgan fingerprint density at radius 1 is 1.69 bits per heavy atom. The summed E-state index contributed by atoms with van der Waals surface area (Å²) in [6.45, 7) is 2.38. The molecule has 1 aliphatic rings. The SMILES string of the molecule is CC1(C(=O)Nc2nccc(Cl)n2)CCCO1. The van der Waals surface area contributed by atoms with Crippen molar-refractivity contribution in [3.8, 4) is 0 Å². The summed E-state index contributed by atoms with van der Waals surface area (Å²) in [6, 6.07) is 1.55. The van der Waals surface area contributed by atoms with Gasteiger partial charge in [0.1, 0.15) is 10.8 Å². The minimum atomic E-state index is -0.772. The molecule has 1 aromatic heterocycles. The van der Waals surface area contributed by atoms with Crippen LogP contribution in [0.5, 0.6) is 0 Å². The van der Waals surface area contributed by atoms with Crippen molar-refractivity contribution in [3.05, 3.63) is 17.4 Å². The van der Waals surface area contributed by atoms with Gasteiger partial charge in [-0.3, -0.25) is 10.1 Å². The highest BCUT2D eigenvalue weighted by atomic mass is 35.5. The highest BCUT2D eigenvalue weighted by molar-refractivity contribution is 6.29. The molecule has 0 radical (unpaired) electrons. The number of amides is 1. The molecule has 0 aromatic carbocycles. The summed E-state index contributed by atoms with van der Waals surface area (Å²) in [6.07, 6.45) is 3.09. The first kappa shape index (κ1) is 11.3. The third-order valence-corrected chi connectivity index (χ3v) is 2.76. The molecule has 0 saturated carbocycles. The average molecular weight is 242 g/mol. The van der Waals surface area contributed by atoms with E-state index in [-0.39, 0.29) is 11.9 Å². The zero-order valence-corrected chi connectivity index (χ0v) is 9.62. The van der Waals surface area contributed by atoms with Crippen molar-refractivity contribution < 1.29 is 9.53 Å². The monoisotopic (exact) mass is 241 g/mol. The van der Waals surface area contributed by atoms with Crippen LogP contribution in [0.25, 0.3) is 0 Å². The minimum Gasteiger partial charge on any atom is -0.365 e. The number of carbonyl (C=O) groups is 1. The molecule has 1 saturated heterocycles. The van der Waals surface area contributed by atoms with Gasteiger partial charge < -0.3 is 4.74 Å². The molecule has 0 aliphatic carbocycles. The van der Waals surface area contributed by atoms with Crippen LogP contribution in [0, 0.1) is 0 Å². The van der Waals surface area contributed by atoms with Crippen molar-refractivity contribution in [3.63, 3.8) is 0 Å². The van der Waals surface area contributed by atoms with Crippen LogP contribution in [0.1, 0.15) is 19.8 Å². The first-order valence-corrected chi connectivity index (χ1v) is 5.42. The van der Waals surface area contributed by atoms with E-state index in [1.165, 1.54) is 6.20 Å². The fourth-order valence-electron chi connectivity index (χ4n) is 1.59. The lowest BCUT2D eigenvalue weighted by molar-refractivity contribution is -0.133. The van der Waals surface area contributed by atoms with Crippen molar-refractivity contribution in [2.75, 3.05) is 11.9 Å². The molecule has 86 valence electrons. The number of halogens is 1. The number of nitrogens with one attached hydrogen (secondary N) is 1. The molecule has 1 amide bonds. The van der Waals surface area contributed by atoms with E-state index in [1.54, 1.807) is 13.0 Å². The van der Waals surface area contributed by atoms with Crippen LogP contribution in [-0.2, 0) is 9.53 Å². The van der Waals surface area contributed by atoms with Crippen LogP contribution in [-0.4, -0.2) is 28.1 Å². The normalized spacial score (nSPS) is 24.4. The second kappa shape index (κ2) is 4.35. The molecule has 6 heteroatoms. The summed E-state index contributed by atoms with van der Waals surface area (Å²) in [5.41, 5.74) is -0.772. The zero-order valence-electron chi connectivity index (χ0n) is 8.86. The molecule has 1 aliphatic heterocycles. The van der Waals surface area contributed by atoms with Crippen molar-refractivity contribution in [1.29, 1.82) is 0 Å². The summed E-state index contributed by atoms with van der Waals surface area (Å²) >= 11 is 5.69. The van der Waals surface area contributed by atoms with Gasteiger partial charge in [-0.1, -0.05) is 11.6 Å². The molecule has 5 nitrogen and oxygen atoms in total. The van der Waals surface area contributed by atoms with E-state index in [0.29, 0.717) is 18.2 Å². The number of hydrogen-bond donors (Lipinski definition) is 1. The Morgan fingerprint density at radius 2 is 2.50 bits per heavy atom. The average Bonchev–Trinajstić information content (AvgIpc) is 2.66. The summed E-state index contributed by atoms with van der Waals surface area (Å²) in [4.78, 5) is 19.7. The smallest absolute Gasteiger partial charge is 0.258 e. The van der Waals surface area contributed by atoms with Crippen LogP contribution in [0.15, 0.2) is 12.3 Å². The maximum Gasteiger partial charge on any atom is 0.258 e. The van der Waals surface area contributed by atoms with E-state index in [0.717, 1.165) is 6.42 Å². The van der Waals surface area contributed by atoms with E-state index >= 15 is 0 Å². The van der Waals surface area contributed by atoms with Gasteiger partial charge in [-0.2, -0.15) is 0 Å². The van der Waals surface area contributed by atoms with Crippen molar-refractivity contribution in [2.45, 2.75) is 25.4 Å². The Bertz CT molecular complexity index is 405. The second-order valence-electron chi connectivity index (χ2n) is 3.84. The van der Waals surface area contributed by atoms with Crippen molar-refractivity contribution in [1.82, 2.24) is 9.97 Å². The van der Waals surface area contributed by atoms with Crippen LogP contribution in [0.2, 0.25) is 5.15 Å². The Kier molecular flexibility index (Phi) is 3.07. The fraction of sp³-hybridized carbons (Fsp3) is 0.500. The van der Waals surface area contributed by atoms with E-state index in [9.17, 15) is 4.79 Å². The van der Waals surface area contributed by atoms with Gasteiger partial charge in [0, 0.05) is 12.8 Å². The number of rotatable bonds is 2. The summed E-state index contributed by atoms with van der Waals surface area (Å²) in [7, 11) is 0. The predicted octanol–water partition coefficient (Wildman–Crippen LogP) is 1.64. The van der Waals surface area contributed by atoms with Gasteiger partial charge in [0.05, 0.1) is 0 Å². The molecule has 1 aromatic rings. The standard InChI is InChI=1S/C10H12ClN3O2/c1-10(4-2-6-16-10)8(15)14-9-12-5-3-7(11)13-9/h3,5H,2,4,6H2,1H3,(H,12,13,14,15). The lowest BCUT2D eigenvalue weighted by Crippen LogP contribution is -2.39. The quantitative estimate of drug-likeness (QED) is 0.800. The second-order valence-corrected chi connectivity index (χ2v) is 4.23. The van der Waals surface area contributed by atoms with E-state index < -0.39 is 5.60 Å². The van der Waals surface area contributed by atoms with Gasteiger partial charge in [0.25, 0.3) is 5.91 Å². The molecule has 1 atom stereocenters. The number of hydrogen-bond acceptors (Lipinski definition) is 4. The third kappa shape index (κ3) is 2.31. The number of nitrogens with zero attached hydrogens (tertiary/aromatic N) is 2. The largest absolute Gasteiger partial charge is 0.365 e. The topological polar surface area (TPSA) is 64.1 Å². The van der Waals surface area contributed by atoms with Crippen LogP contribution in [0.3, 0.4) is 0 Å². The molecule has 2 rings (SSSR count). The third-order valence-electron chi connectivity index (χ3n) is 2.55. The summed E-state index contributed by atoms with van der Waals surface area (Å²) < 4.78 is 5.40. The van der Waals surface area contributed by atoms with Gasteiger partial charge in [-0.05, 0) is 25.8 Å². The Hall–Kier alpha value is -1.20. The van der Waals surface area contributed by atoms with Crippen LogP contribution in [0.4, 0.5) is 5.95 Å². The molecule has 0 bridgehead atoms. The van der Waals surface area contributed by atoms with Gasteiger partial charge in [0.2, 0.25) is 5.95 Å². The minimum absolute atomic E-state index is 0.203. The predicted molar refractivity (Wildman–Crippen MR) is 59.3 cm³/mol. The molecular formula is C10H12ClN3O2. The van der Waals surface area contributed by atoms with E-state index in [2.05, 4.69) is 15.3 Å². The van der Waals surface area contributed by atoms with Crippen molar-refractivity contribution in [2.24, 2.45) is 0 Å². The molecule has 1 unspecified atom stereocenters. The number of ether oxygens (including phenoxy) is 1. The lowest BCUT2D eigenvalue weighted by Gasteiger charge is -2.21. The number of aromatic nitrogens is 2. The molecule has 1 N–H and O–H groups in total. The van der Waals surface area contributed by atoms with Gasteiger partial charge in [0.15, 0.2) is 0 Å². The molecule has 16 heavy (non-hydrogen) atoms. The maximum atomic E-state index is 11.9. The van der Waals surface area contributed by atoms with Gasteiger partial charge in [-0.25, -0.2) is 9.97 Å². The molecule has 0 spiro atoms. The molecule has 1 fully saturated rings. The summed E-state index contributed by atoms with van der Waals surface area (Å²) in [5.74, 6) is -0.0264. The zero-order chi connectivity index (χ0) is 11.6.